The van der Waals surface area contributed by atoms with Gasteiger partial charge in [0.05, 0.1) is 13.2 Å². The number of methoxy groups -OCH3 is 1. The number of carbonyl (C=O) groups excluding carboxylic acids is 2. The first-order valence-electron chi connectivity index (χ1n) is 12.7. The minimum absolute atomic E-state index is 0.000713. The average molecular weight is 503 g/mol. The van der Waals surface area contributed by atoms with Gasteiger partial charge in [-0.05, 0) is 77.1 Å². The van der Waals surface area contributed by atoms with Crippen molar-refractivity contribution >= 4 is 23.2 Å². The maximum Gasteiger partial charge on any atom is 0.254 e. The van der Waals surface area contributed by atoms with E-state index in [-0.39, 0.29) is 35.9 Å². The van der Waals surface area contributed by atoms with Crippen molar-refractivity contribution in [1.29, 1.82) is 0 Å². The predicted molar refractivity (Wildman–Crippen MR) is 144 cm³/mol. The first-order valence-corrected chi connectivity index (χ1v) is 13.6. The molecule has 0 spiro atoms. The molecule has 2 aromatic carbocycles. The number of benzene rings is 2. The molecule has 0 bridgehead atoms. The number of amides is 2. The molecule has 188 valence electrons. The summed E-state index contributed by atoms with van der Waals surface area (Å²) in [6.07, 6.45) is 2.75. The Morgan fingerprint density at radius 3 is 2.33 bits per heavy atom. The van der Waals surface area contributed by atoms with Crippen LogP contribution < -0.4 is 4.74 Å². The van der Waals surface area contributed by atoms with E-state index >= 15 is 0 Å². The average Bonchev–Trinajstić information content (AvgIpc) is 3.61. The molecule has 0 radical (unpaired) electrons. The second kappa shape index (κ2) is 9.74. The molecule has 5 rings (SSSR count). The Morgan fingerprint density at radius 1 is 1.03 bits per heavy atom. The van der Waals surface area contributed by atoms with Crippen LogP contribution in [0.5, 0.6) is 5.75 Å². The zero-order valence-electron chi connectivity index (χ0n) is 21.5. The Balaban J connectivity index is 1.39. The number of hydrogen-bond acceptors (Lipinski definition) is 4. The number of fused-ring (bicyclic) bond motifs is 1. The Bertz CT molecular complexity index is 1240. The number of carbonyl (C=O) groups is 2. The van der Waals surface area contributed by atoms with Gasteiger partial charge in [0.1, 0.15) is 12.3 Å². The van der Waals surface area contributed by atoms with Gasteiger partial charge in [0.15, 0.2) is 0 Å². The minimum Gasteiger partial charge on any atom is -0.497 e. The molecule has 0 saturated heterocycles. The maximum absolute atomic E-state index is 13.8. The fraction of sp³-hybridized carbons (Fsp3) is 0.400. The summed E-state index contributed by atoms with van der Waals surface area (Å²) in [4.78, 5) is 32.4. The highest BCUT2D eigenvalue weighted by Crippen LogP contribution is 2.39. The lowest BCUT2D eigenvalue weighted by molar-refractivity contribution is -0.134. The maximum atomic E-state index is 13.8. The summed E-state index contributed by atoms with van der Waals surface area (Å²) in [6, 6.07) is 18.0. The Hall–Kier alpha value is -3.12. The number of nitrogens with zero attached hydrogens (tertiary/aromatic N) is 2. The van der Waals surface area contributed by atoms with Gasteiger partial charge in [-0.1, -0.05) is 45.0 Å². The molecule has 2 heterocycles. The molecule has 1 fully saturated rings. The van der Waals surface area contributed by atoms with Crippen LogP contribution in [-0.2, 0) is 16.6 Å². The lowest BCUT2D eigenvalue weighted by Crippen LogP contribution is -2.47. The van der Waals surface area contributed by atoms with Crippen LogP contribution in [0.4, 0.5) is 0 Å². The molecule has 3 aromatic rings. The normalized spacial score (nSPS) is 17.4. The lowest BCUT2D eigenvalue weighted by atomic mass is 9.86. The smallest absolute Gasteiger partial charge is 0.254 e. The number of thiophene rings is 1. The SMILES string of the molecule is COc1ccc(C2c3ccsc3CCN2C(=O)CN(C(=O)c2ccc(C(C)(C)C)cc2)C2CC2)cc1. The van der Waals surface area contributed by atoms with Crippen molar-refractivity contribution in [2.24, 2.45) is 0 Å². The molecule has 1 atom stereocenters. The quantitative estimate of drug-likeness (QED) is 0.426. The third-order valence-corrected chi connectivity index (χ3v) is 8.27. The first-order chi connectivity index (χ1) is 17.3. The van der Waals surface area contributed by atoms with Crippen molar-refractivity contribution in [3.63, 3.8) is 0 Å². The molecule has 5 nitrogen and oxygen atoms in total. The topological polar surface area (TPSA) is 49.9 Å². The molecule has 6 heteroatoms. The summed E-state index contributed by atoms with van der Waals surface area (Å²) < 4.78 is 5.34. The van der Waals surface area contributed by atoms with Gasteiger partial charge in [-0.2, -0.15) is 0 Å². The molecule has 1 aromatic heterocycles. The second-order valence-electron chi connectivity index (χ2n) is 10.8. The molecule has 1 saturated carbocycles. The van der Waals surface area contributed by atoms with Gasteiger partial charge in [-0.3, -0.25) is 9.59 Å². The summed E-state index contributed by atoms with van der Waals surface area (Å²) in [7, 11) is 1.66. The third kappa shape index (κ3) is 4.92. The number of rotatable bonds is 6. The van der Waals surface area contributed by atoms with E-state index < -0.39 is 0 Å². The summed E-state index contributed by atoms with van der Waals surface area (Å²) in [5.41, 5.74) is 4.11. The molecule has 2 aliphatic rings. The van der Waals surface area contributed by atoms with Crippen LogP contribution in [0.25, 0.3) is 0 Å². The molecule has 1 unspecified atom stereocenters. The predicted octanol–water partition coefficient (Wildman–Crippen LogP) is 5.83. The van der Waals surface area contributed by atoms with E-state index in [1.165, 1.54) is 16.0 Å². The van der Waals surface area contributed by atoms with Gasteiger partial charge in [0.25, 0.3) is 5.91 Å². The molecular weight excluding hydrogens is 468 g/mol. The second-order valence-corrected chi connectivity index (χ2v) is 11.8. The zero-order chi connectivity index (χ0) is 25.4. The molecular formula is C30H34N2O3S. The molecule has 0 N–H and O–H groups in total. The van der Waals surface area contributed by atoms with Crippen LogP contribution >= 0.6 is 11.3 Å². The van der Waals surface area contributed by atoms with Gasteiger partial charge in [-0.15, -0.1) is 11.3 Å². The van der Waals surface area contributed by atoms with Crippen molar-refractivity contribution in [3.05, 3.63) is 87.1 Å². The third-order valence-electron chi connectivity index (χ3n) is 7.27. The van der Waals surface area contributed by atoms with Gasteiger partial charge >= 0.3 is 0 Å². The minimum atomic E-state index is -0.152. The zero-order valence-corrected chi connectivity index (χ0v) is 22.3. The highest BCUT2D eigenvalue weighted by atomic mass is 32.1. The van der Waals surface area contributed by atoms with Crippen molar-refractivity contribution in [3.8, 4) is 5.75 Å². The Labute approximate surface area is 217 Å². The fourth-order valence-electron chi connectivity index (χ4n) is 5.00. The largest absolute Gasteiger partial charge is 0.497 e. The summed E-state index contributed by atoms with van der Waals surface area (Å²) in [6.45, 7) is 7.24. The Morgan fingerprint density at radius 2 is 1.72 bits per heavy atom. The van der Waals surface area contributed by atoms with E-state index in [0.717, 1.165) is 30.6 Å². The monoisotopic (exact) mass is 502 g/mol. The van der Waals surface area contributed by atoms with E-state index in [9.17, 15) is 9.59 Å². The molecule has 36 heavy (non-hydrogen) atoms. The highest BCUT2D eigenvalue weighted by Gasteiger charge is 2.38. The fourth-order valence-corrected chi connectivity index (χ4v) is 5.90. The van der Waals surface area contributed by atoms with Crippen LogP contribution in [0.1, 0.15) is 71.6 Å². The Kier molecular flexibility index (Phi) is 6.64. The van der Waals surface area contributed by atoms with Gasteiger partial charge < -0.3 is 14.5 Å². The standard InChI is InChI=1S/C30H34N2O3S/c1-30(2,3)22-9-5-21(6-10-22)29(34)32(23-11-12-23)19-27(33)31-17-15-26-25(16-18-36-26)28(31)20-7-13-24(35-4)14-8-20/h5-10,13-14,16,18,23,28H,11-12,15,17,19H2,1-4H3. The van der Waals surface area contributed by atoms with Gasteiger partial charge in [-0.25, -0.2) is 0 Å². The van der Waals surface area contributed by atoms with E-state index in [0.29, 0.717) is 12.1 Å². The van der Waals surface area contributed by atoms with E-state index in [1.807, 2.05) is 53.4 Å². The van der Waals surface area contributed by atoms with Crippen molar-refractivity contribution in [1.82, 2.24) is 9.80 Å². The molecule has 1 aliphatic heterocycles. The van der Waals surface area contributed by atoms with E-state index in [1.54, 1.807) is 23.3 Å². The first kappa shape index (κ1) is 24.6. The van der Waals surface area contributed by atoms with Crippen LogP contribution in [0.15, 0.2) is 60.0 Å². The van der Waals surface area contributed by atoms with Gasteiger partial charge in [0, 0.05) is 23.0 Å². The summed E-state index contributed by atoms with van der Waals surface area (Å²) >= 11 is 1.75. The lowest BCUT2D eigenvalue weighted by Gasteiger charge is -2.37. The number of ether oxygens (including phenoxy) is 1. The summed E-state index contributed by atoms with van der Waals surface area (Å²) in [5.74, 6) is 0.737. The van der Waals surface area contributed by atoms with E-state index in [2.05, 4.69) is 32.2 Å². The van der Waals surface area contributed by atoms with Crippen molar-refractivity contribution in [2.45, 2.75) is 57.5 Å². The van der Waals surface area contributed by atoms with Crippen LogP contribution in [0.2, 0.25) is 0 Å². The van der Waals surface area contributed by atoms with Crippen molar-refractivity contribution in [2.75, 3.05) is 20.2 Å². The highest BCUT2D eigenvalue weighted by molar-refractivity contribution is 7.10. The number of hydrogen-bond donors (Lipinski definition) is 0. The van der Waals surface area contributed by atoms with Crippen LogP contribution in [-0.4, -0.2) is 47.9 Å². The molecule has 1 aliphatic carbocycles. The van der Waals surface area contributed by atoms with Crippen LogP contribution in [0, 0.1) is 0 Å². The summed E-state index contributed by atoms with van der Waals surface area (Å²) in [5, 5.41) is 2.11. The molecule has 2 amide bonds. The van der Waals surface area contributed by atoms with Crippen molar-refractivity contribution < 1.29 is 14.3 Å². The van der Waals surface area contributed by atoms with E-state index in [4.69, 9.17) is 4.74 Å². The van der Waals surface area contributed by atoms with Crippen LogP contribution in [0.3, 0.4) is 0 Å². The van der Waals surface area contributed by atoms with Gasteiger partial charge in [0.2, 0.25) is 5.91 Å².